The second kappa shape index (κ2) is 4.98. The SMILES string of the molecule is CN1CC(C(=O)N(C)C)C(c2ccc(N)cc2)C1. The molecule has 4 heteroatoms. The van der Waals surface area contributed by atoms with E-state index in [1.54, 1.807) is 4.90 Å². The van der Waals surface area contributed by atoms with E-state index in [0.717, 1.165) is 18.8 Å². The lowest BCUT2D eigenvalue weighted by atomic mass is 9.88. The van der Waals surface area contributed by atoms with Gasteiger partial charge in [0, 0.05) is 38.8 Å². The molecule has 1 heterocycles. The van der Waals surface area contributed by atoms with Gasteiger partial charge in [0.2, 0.25) is 5.91 Å². The highest BCUT2D eigenvalue weighted by atomic mass is 16.2. The number of amides is 1. The van der Waals surface area contributed by atoms with E-state index in [2.05, 4.69) is 11.9 Å². The van der Waals surface area contributed by atoms with Crippen molar-refractivity contribution in [1.82, 2.24) is 9.80 Å². The van der Waals surface area contributed by atoms with Crippen LogP contribution in [0.5, 0.6) is 0 Å². The van der Waals surface area contributed by atoms with Gasteiger partial charge >= 0.3 is 0 Å². The zero-order chi connectivity index (χ0) is 13.3. The quantitative estimate of drug-likeness (QED) is 0.793. The molecule has 1 fully saturated rings. The van der Waals surface area contributed by atoms with Gasteiger partial charge in [-0.15, -0.1) is 0 Å². The van der Waals surface area contributed by atoms with Crippen LogP contribution < -0.4 is 5.73 Å². The fourth-order valence-electron chi connectivity index (χ4n) is 2.66. The van der Waals surface area contributed by atoms with Gasteiger partial charge in [-0.2, -0.15) is 0 Å². The lowest BCUT2D eigenvalue weighted by Gasteiger charge is -2.21. The Kier molecular flexibility index (Phi) is 3.57. The maximum absolute atomic E-state index is 12.2. The van der Waals surface area contributed by atoms with Gasteiger partial charge in [-0.05, 0) is 24.7 Å². The topological polar surface area (TPSA) is 49.6 Å². The molecule has 98 valence electrons. The van der Waals surface area contributed by atoms with Crippen molar-refractivity contribution in [1.29, 1.82) is 0 Å². The van der Waals surface area contributed by atoms with Crippen molar-refractivity contribution in [2.75, 3.05) is 40.0 Å². The molecule has 2 unspecified atom stereocenters. The summed E-state index contributed by atoms with van der Waals surface area (Å²) in [7, 11) is 5.70. The first-order chi connectivity index (χ1) is 8.49. The van der Waals surface area contributed by atoms with E-state index < -0.39 is 0 Å². The summed E-state index contributed by atoms with van der Waals surface area (Å²) in [4.78, 5) is 16.1. The van der Waals surface area contributed by atoms with E-state index in [-0.39, 0.29) is 17.7 Å². The number of benzene rings is 1. The van der Waals surface area contributed by atoms with E-state index in [1.165, 1.54) is 5.56 Å². The van der Waals surface area contributed by atoms with E-state index in [9.17, 15) is 4.79 Å². The number of hydrogen-bond donors (Lipinski definition) is 1. The maximum Gasteiger partial charge on any atom is 0.227 e. The highest BCUT2D eigenvalue weighted by Gasteiger charge is 2.37. The average molecular weight is 247 g/mol. The van der Waals surface area contributed by atoms with Gasteiger partial charge < -0.3 is 15.5 Å². The van der Waals surface area contributed by atoms with Crippen molar-refractivity contribution >= 4 is 11.6 Å². The van der Waals surface area contributed by atoms with Crippen LogP contribution in [0.15, 0.2) is 24.3 Å². The largest absolute Gasteiger partial charge is 0.399 e. The Balaban J connectivity index is 2.24. The molecule has 0 spiro atoms. The number of hydrogen-bond acceptors (Lipinski definition) is 3. The van der Waals surface area contributed by atoms with Crippen LogP contribution in [0.3, 0.4) is 0 Å². The minimum atomic E-state index is 0.0497. The maximum atomic E-state index is 12.2. The van der Waals surface area contributed by atoms with Gasteiger partial charge in [0.25, 0.3) is 0 Å². The van der Waals surface area contributed by atoms with E-state index in [1.807, 2.05) is 38.4 Å². The number of carbonyl (C=O) groups excluding carboxylic acids is 1. The van der Waals surface area contributed by atoms with Crippen molar-refractivity contribution in [2.45, 2.75) is 5.92 Å². The Morgan fingerprint density at radius 1 is 1.28 bits per heavy atom. The molecule has 0 bridgehead atoms. The highest BCUT2D eigenvalue weighted by Crippen LogP contribution is 2.33. The van der Waals surface area contributed by atoms with Gasteiger partial charge in [-0.3, -0.25) is 4.79 Å². The summed E-state index contributed by atoms with van der Waals surface area (Å²) in [5, 5.41) is 0. The molecule has 1 amide bonds. The Bertz CT molecular complexity index is 427. The van der Waals surface area contributed by atoms with Crippen molar-refractivity contribution < 1.29 is 4.79 Å². The first kappa shape index (κ1) is 12.9. The van der Waals surface area contributed by atoms with Crippen LogP contribution in [0, 0.1) is 5.92 Å². The third kappa shape index (κ3) is 2.48. The lowest BCUT2D eigenvalue weighted by Crippen LogP contribution is -2.33. The fourth-order valence-corrected chi connectivity index (χ4v) is 2.66. The molecular weight excluding hydrogens is 226 g/mol. The van der Waals surface area contributed by atoms with E-state index >= 15 is 0 Å². The van der Waals surface area contributed by atoms with Crippen molar-refractivity contribution in [3.63, 3.8) is 0 Å². The molecule has 1 saturated heterocycles. The molecule has 1 aromatic rings. The van der Waals surface area contributed by atoms with Crippen LogP contribution in [0.4, 0.5) is 5.69 Å². The molecule has 2 atom stereocenters. The lowest BCUT2D eigenvalue weighted by molar-refractivity contribution is -0.132. The van der Waals surface area contributed by atoms with E-state index in [0.29, 0.717) is 0 Å². The third-order valence-electron chi connectivity index (χ3n) is 3.63. The highest BCUT2D eigenvalue weighted by molar-refractivity contribution is 5.80. The summed E-state index contributed by atoms with van der Waals surface area (Å²) < 4.78 is 0. The van der Waals surface area contributed by atoms with Gasteiger partial charge in [0.15, 0.2) is 0 Å². The second-order valence-corrected chi connectivity index (χ2v) is 5.33. The van der Waals surface area contributed by atoms with Crippen LogP contribution in [0.25, 0.3) is 0 Å². The number of rotatable bonds is 2. The molecule has 0 radical (unpaired) electrons. The molecule has 2 rings (SSSR count). The number of nitrogens with zero attached hydrogens (tertiary/aromatic N) is 2. The Morgan fingerprint density at radius 3 is 2.44 bits per heavy atom. The number of carbonyl (C=O) groups is 1. The average Bonchev–Trinajstić information content (AvgIpc) is 2.71. The van der Waals surface area contributed by atoms with Crippen LogP contribution in [0.1, 0.15) is 11.5 Å². The van der Waals surface area contributed by atoms with Crippen molar-refractivity contribution in [3.8, 4) is 0 Å². The van der Waals surface area contributed by atoms with Gasteiger partial charge in [-0.1, -0.05) is 12.1 Å². The second-order valence-electron chi connectivity index (χ2n) is 5.33. The number of likely N-dealkylation sites (tertiary alicyclic amines) is 1. The minimum absolute atomic E-state index is 0.0497. The predicted octanol–water partition coefficient (Wildman–Crippen LogP) is 1.00. The van der Waals surface area contributed by atoms with Gasteiger partial charge in [-0.25, -0.2) is 0 Å². The zero-order valence-corrected chi connectivity index (χ0v) is 11.3. The third-order valence-corrected chi connectivity index (χ3v) is 3.63. The van der Waals surface area contributed by atoms with E-state index in [4.69, 9.17) is 5.73 Å². The van der Waals surface area contributed by atoms with Crippen LogP contribution >= 0.6 is 0 Å². The molecular formula is C14H21N3O. The predicted molar refractivity (Wildman–Crippen MR) is 73.3 cm³/mol. The van der Waals surface area contributed by atoms with Crippen LogP contribution in [-0.2, 0) is 4.79 Å². The minimum Gasteiger partial charge on any atom is -0.399 e. The summed E-state index contributed by atoms with van der Waals surface area (Å²) in [6.07, 6.45) is 0. The van der Waals surface area contributed by atoms with Gasteiger partial charge in [0.1, 0.15) is 0 Å². The summed E-state index contributed by atoms with van der Waals surface area (Å²) in [6, 6.07) is 7.89. The Labute approximate surface area is 108 Å². The monoisotopic (exact) mass is 247 g/mol. The molecule has 2 N–H and O–H groups in total. The molecule has 1 aliphatic heterocycles. The Morgan fingerprint density at radius 2 is 1.89 bits per heavy atom. The molecule has 0 saturated carbocycles. The van der Waals surface area contributed by atoms with Crippen molar-refractivity contribution in [3.05, 3.63) is 29.8 Å². The summed E-state index contributed by atoms with van der Waals surface area (Å²) in [5.74, 6) is 0.528. The molecule has 4 nitrogen and oxygen atoms in total. The number of nitrogens with two attached hydrogens (primary N) is 1. The first-order valence-corrected chi connectivity index (χ1v) is 6.24. The Hall–Kier alpha value is -1.55. The number of nitrogen functional groups attached to an aromatic ring is 1. The van der Waals surface area contributed by atoms with Crippen LogP contribution in [-0.4, -0.2) is 49.9 Å². The normalized spacial score (nSPS) is 24.2. The summed E-state index contributed by atoms with van der Waals surface area (Å²) >= 11 is 0. The summed E-state index contributed by atoms with van der Waals surface area (Å²) in [5.41, 5.74) is 7.68. The number of anilines is 1. The molecule has 1 aromatic carbocycles. The first-order valence-electron chi connectivity index (χ1n) is 6.24. The molecule has 0 aliphatic carbocycles. The summed E-state index contributed by atoms with van der Waals surface area (Å²) in [6.45, 7) is 1.75. The van der Waals surface area contributed by atoms with Crippen molar-refractivity contribution in [2.24, 2.45) is 5.92 Å². The number of likely N-dealkylation sites (N-methyl/N-ethyl adjacent to an activating group) is 1. The zero-order valence-electron chi connectivity index (χ0n) is 11.3. The fraction of sp³-hybridized carbons (Fsp3) is 0.500. The molecule has 18 heavy (non-hydrogen) atoms. The molecule has 1 aliphatic rings. The smallest absolute Gasteiger partial charge is 0.227 e. The van der Waals surface area contributed by atoms with Crippen LogP contribution in [0.2, 0.25) is 0 Å². The molecule has 0 aromatic heterocycles. The standard InChI is InChI=1S/C14H21N3O/c1-16(2)14(18)13-9-17(3)8-12(13)10-4-6-11(15)7-5-10/h4-7,12-13H,8-9,15H2,1-3H3. The van der Waals surface area contributed by atoms with Gasteiger partial charge in [0.05, 0.1) is 5.92 Å².